The van der Waals surface area contributed by atoms with Crippen LogP contribution in [-0.2, 0) is 9.47 Å². The molecule has 3 unspecified atom stereocenters. The maximum atomic E-state index is 11.9. The number of alkyl halides is 3. The molecule has 18 heavy (non-hydrogen) atoms. The second kappa shape index (κ2) is 7.31. The smallest absolute Gasteiger partial charge is 0.381 e. The number of methoxy groups -OCH3 is 1. The van der Waals surface area contributed by atoms with E-state index in [4.69, 9.17) is 9.47 Å². The van der Waals surface area contributed by atoms with E-state index >= 15 is 0 Å². The molecule has 3 nitrogen and oxygen atoms in total. The molecule has 0 spiro atoms. The first-order valence-corrected chi connectivity index (χ1v) is 6.36. The average molecular weight is 269 g/mol. The molecule has 0 aromatic heterocycles. The summed E-state index contributed by atoms with van der Waals surface area (Å²) >= 11 is 0. The van der Waals surface area contributed by atoms with Gasteiger partial charge in [0.15, 0.2) is 0 Å². The van der Waals surface area contributed by atoms with Crippen molar-refractivity contribution in [2.45, 2.75) is 57.1 Å². The van der Waals surface area contributed by atoms with Crippen LogP contribution in [0.1, 0.15) is 32.6 Å². The lowest BCUT2D eigenvalue weighted by Gasteiger charge is -2.30. The van der Waals surface area contributed by atoms with Crippen LogP contribution in [0.2, 0.25) is 0 Å². The molecule has 0 aromatic rings. The largest absolute Gasteiger partial charge is 0.401 e. The van der Waals surface area contributed by atoms with E-state index < -0.39 is 12.7 Å². The molecule has 0 heterocycles. The average Bonchev–Trinajstić information content (AvgIpc) is 2.27. The van der Waals surface area contributed by atoms with Gasteiger partial charge in [0, 0.05) is 13.7 Å². The van der Waals surface area contributed by atoms with Gasteiger partial charge >= 0.3 is 6.18 Å². The fourth-order valence-corrected chi connectivity index (χ4v) is 2.23. The number of halogens is 3. The lowest BCUT2D eigenvalue weighted by molar-refractivity contribution is -0.126. The van der Waals surface area contributed by atoms with Gasteiger partial charge in [0.05, 0.1) is 24.9 Å². The van der Waals surface area contributed by atoms with Gasteiger partial charge < -0.3 is 14.8 Å². The van der Waals surface area contributed by atoms with Gasteiger partial charge in [0.2, 0.25) is 0 Å². The van der Waals surface area contributed by atoms with Crippen LogP contribution in [-0.4, -0.2) is 44.7 Å². The lowest BCUT2D eigenvalue weighted by Crippen LogP contribution is -2.37. The normalized spacial score (nSPS) is 27.2. The minimum atomic E-state index is -4.16. The Balaban J connectivity index is 2.17. The molecule has 1 aliphatic rings. The summed E-state index contributed by atoms with van der Waals surface area (Å²) in [7, 11) is 1.68. The van der Waals surface area contributed by atoms with Crippen molar-refractivity contribution < 1.29 is 22.6 Å². The lowest BCUT2D eigenvalue weighted by atomic mass is 9.95. The van der Waals surface area contributed by atoms with Crippen molar-refractivity contribution in [3.05, 3.63) is 0 Å². The van der Waals surface area contributed by atoms with Crippen LogP contribution in [0.5, 0.6) is 0 Å². The molecule has 0 aromatic carbocycles. The fourth-order valence-electron chi connectivity index (χ4n) is 2.23. The summed E-state index contributed by atoms with van der Waals surface area (Å²) in [6, 6.07) is 0. The summed E-state index contributed by atoms with van der Waals surface area (Å²) in [5.41, 5.74) is 0. The van der Waals surface area contributed by atoms with Crippen LogP contribution < -0.4 is 5.32 Å². The van der Waals surface area contributed by atoms with Crippen molar-refractivity contribution in [3.8, 4) is 0 Å². The number of nitrogens with one attached hydrogen (secondary N) is 1. The zero-order valence-corrected chi connectivity index (χ0v) is 10.9. The molecule has 1 fully saturated rings. The Hall–Kier alpha value is -0.330. The van der Waals surface area contributed by atoms with Gasteiger partial charge in [-0.1, -0.05) is 0 Å². The van der Waals surface area contributed by atoms with E-state index in [0.717, 1.165) is 25.7 Å². The summed E-state index contributed by atoms with van der Waals surface area (Å²) in [6.45, 7) is 1.04. The Morgan fingerprint density at radius 2 is 1.94 bits per heavy atom. The van der Waals surface area contributed by atoms with E-state index in [-0.39, 0.29) is 24.9 Å². The van der Waals surface area contributed by atoms with Crippen molar-refractivity contribution in [3.63, 3.8) is 0 Å². The van der Waals surface area contributed by atoms with Crippen LogP contribution in [0.15, 0.2) is 0 Å². The van der Waals surface area contributed by atoms with Crippen LogP contribution in [0.25, 0.3) is 0 Å². The number of ether oxygens (including phenoxy) is 2. The third-order valence-electron chi connectivity index (χ3n) is 3.09. The molecular weight excluding hydrogens is 247 g/mol. The molecule has 1 saturated carbocycles. The van der Waals surface area contributed by atoms with E-state index in [0.29, 0.717) is 0 Å². The number of hydrogen-bond acceptors (Lipinski definition) is 3. The number of hydrogen-bond donors (Lipinski definition) is 1. The van der Waals surface area contributed by atoms with Crippen LogP contribution in [0.3, 0.4) is 0 Å². The highest BCUT2D eigenvalue weighted by atomic mass is 19.4. The van der Waals surface area contributed by atoms with Gasteiger partial charge in [0.1, 0.15) is 0 Å². The molecule has 0 amide bonds. The first kappa shape index (κ1) is 15.7. The van der Waals surface area contributed by atoms with Crippen molar-refractivity contribution in [1.29, 1.82) is 0 Å². The second-order valence-electron chi connectivity index (χ2n) is 4.84. The minimum Gasteiger partial charge on any atom is -0.381 e. The van der Waals surface area contributed by atoms with E-state index in [1.165, 1.54) is 0 Å². The van der Waals surface area contributed by atoms with Crippen LogP contribution >= 0.6 is 0 Å². The van der Waals surface area contributed by atoms with Crippen molar-refractivity contribution in [2.75, 3.05) is 20.2 Å². The quantitative estimate of drug-likeness (QED) is 0.803. The topological polar surface area (TPSA) is 30.5 Å². The van der Waals surface area contributed by atoms with Gasteiger partial charge in [-0.05, 0) is 32.6 Å². The monoisotopic (exact) mass is 269 g/mol. The van der Waals surface area contributed by atoms with Gasteiger partial charge in [-0.25, -0.2) is 0 Å². The predicted molar refractivity (Wildman–Crippen MR) is 62.5 cm³/mol. The fraction of sp³-hybridized carbons (Fsp3) is 1.00. The van der Waals surface area contributed by atoms with Gasteiger partial charge in [-0.2, -0.15) is 13.2 Å². The molecule has 1 aliphatic carbocycles. The molecule has 0 bridgehead atoms. The van der Waals surface area contributed by atoms with Crippen molar-refractivity contribution >= 4 is 0 Å². The second-order valence-corrected chi connectivity index (χ2v) is 4.84. The van der Waals surface area contributed by atoms with Crippen LogP contribution in [0.4, 0.5) is 13.2 Å². The zero-order chi connectivity index (χ0) is 13.6. The van der Waals surface area contributed by atoms with Crippen molar-refractivity contribution in [2.24, 2.45) is 0 Å². The molecule has 0 aliphatic heterocycles. The molecule has 6 heteroatoms. The van der Waals surface area contributed by atoms with Gasteiger partial charge in [-0.15, -0.1) is 0 Å². The first-order chi connectivity index (χ1) is 8.40. The Kier molecular flexibility index (Phi) is 6.38. The summed E-state index contributed by atoms with van der Waals surface area (Å²) in [5.74, 6) is 0. The van der Waals surface area contributed by atoms with E-state index in [1.54, 1.807) is 14.0 Å². The highest BCUT2D eigenvalue weighted by molar-refractivity contribution is 4.75. The summed E-state index contributed by atoms with van der Waals surface area (Å²) < 4.78 is 46.8. The molecule has 1 N–H and O–H groups in total. The first-order valence-electron chi connectivity index (χ1n) is 6.36. The van der Waals surface area contributed by atoms with Gasteiger partial charge in [0.25, 0.3) is 0 Å². The molecule has 0 radical (unpaired) electrons. The molecule has 3 atom stereocenters. The Labute approximate surface area is 106 Å². The van der Waals surface area contributed by atoms with E-state index in [1.807, 2.05) is 0 Å². The maximum Gasteiger partial charge on any atom is 0.401 e. The minimum absolute atomic E-state index is 0.103. The molecule has 1 rings (SSSR count). The van der Waals surface area contributed by atoms with E-state index in [2.05, 4.69) is 5.32 Å². The predicted octanol–water partition coefficient (Wildman–Crippen LogP) is 2.50. The molecular formula is C12H22F3NO2. The number of rotatable bonds is 6. The third-order valence-corrected chi connectivity index (χ3v) is 3.09. The maximum absolute atomic E-state index is 11.9. The molecule has 0 saturated heterocycles. The molecule has 108 valence electrons. The summed E-state index contributed by atoms with van der Waals surface area (Å²) in [6.07, 6.45) is -0.170. The van der Waals surface area contributed by atoms with Crippen molar-refractivity contribution in [1.82, 2.24) is 5.32 Å². The van der Waals surface area contributed by atoms with Gasteiger partial charge in [-0.3, -0.25) is 0 Å². The standard InChI is InChI=1S/C12H22F3NO2/c1-9(7-16-8-12(13,14)15)18-11-5-3-4-10(6-11)17-2/h9-11,16H,3-8H2,1-2H3. The highest BCUT2D eigenvalue weighted by Crippen LogP contribution is 2.23. The zero-order valence-electron chi connectivity index (χ0n) is 10.9. The Morgan fingerprint density at radius 1 is 1.28 bits per heavy atom. The summed E-state index contributed by atoms with van der Waals surface area (Å²) in [4.78, 5) is 0. The Morgan fingerprint density at radius 3 is 2.56 bits per heavy atom. The summed E-state index contributed by atoms with van der Waals surface area (Å²) in [5, 5.41) is 2.36. The SMILES string of the molecule is COC1CCCC(OC(C)CNCC(F)(F)F)C1. The van der Waals surface area contributed by atoms with E-state index in [9.17, 15) is 13.2 Å². The van der Waals surface area contributed by atoms with Crippen LogP contribution in [0, 0.1) is 0 Å². The Bertz CT molecular complexity index is 236. The third kappa shape index (κ3) is 6.56. The highest BCUT2D eigenvalue weighted by Gasteiger charge is 2.27.